The van der Waals surface area contributed by atoms with Crippen LogP contribution in [0.15, 0.2) is 0 Å². The highest BCUT2D eigenvalue weighted by Crippen LogP contribution is 2.32. The fourth-order valence-corrected chi connectivity index (χ4v) is 2.22. The van der Waals surface area contributed by atoms with E-state index in [1.54, 1.807) is 0 Å². The van der Waals surface area contributed by atoms with Gasteiger partial charge in [0.1, 0.15) is 5.78 Å². The smallest absolute Gasteiger partial charge is 0.133 e. The molecule has 0 saturated heterocycles. The van der Waals surface area contributed by atoms with E-state index in [0.717, 1.165) is 31.1 Å². The Kier molecular flexibility index (Phi) is 3.95. The topological polar surface area (TPSA) is 17.1 Å². The lowest BCUT2D eigenvalue weighted by molar-refractivity contribution is -0.122. The molecule has 1 aliphatic rings. The molecule has 0 amide bonds. The summed E-state index contributed by atoms with van der Waals surface area (Å²) in [6.07, 6.45) is 5.31. The van der Waals surface area contributed by atoms with Gasteiger partial charge in [0.25, 0.3) is 0 Å². The van der Waals surface area contributed by atoms with E-state index >= 15 is 0 Å². The molecule has 0 aromatic carbocycles. The molecule has 1 heteroatoms. The molecular formula is C12H22O. The van der Waals surface area contributed by atoms with Crippen molar-refractivity contribution in [1.29, 1.82) is 0 Å². The van der Waals surface area contributed by atoms with E-state index in [9.17, 15) is 4.79 Å². The van der Waals surface area contributed by atoms with E-state index in [-0.39, 0.29) is 0 Å². The summed E-state index contributed by atoms with van der Waals surface area (Å²) in [5.41, 5.74) is 0. The van der Waals surface area contributed by atoms with Gasteiger partial charge in [-0.2, -0.15) is 0 Å². The first kappa shape index (κ1) is 10.7. The summed E-state index contributed by atoms with van der Waals surface area (Å²) in [5.74, 6) is 2.73. The van der Waals surface area contributed by atoms with Crippen molar-refractivity contribution >= 4 is 5.78 Å². The van der Waals surface area contributed by atoms with Crippen LogP contribution < -0.4 is 0 Å². The number of Topliss-reactive ketones (excluding diaryl/α,β-unsaturated/α-hetero) is 1. The van der Waals surface area contributed by atoms with Gasteiger partial charge in [-0.05, 0) is 30.6 Å². The van der Waals surface area contributed by atoms with Gasteiger partial charge in [-0.25, -0.2) is 0 Å². The van der Waals surface area contributed by atoms with E-state index in [1.165, 1.54) is 12.8 Å². The molecule has 0 aromatic heterocycles. The van der Waals surface area contributed by atoms with Crippen LogP contribution in [0.2, 0.25) is 0 Å². The molecule has 0 aromatic rings. The van der Waals surface area contributed by atoms with E-state index in [0.29, 0.717) is 11.7 Å². The van der Waals surface area contributed by atoms with E-state index in [4.69, 9.17) is 0 Å². The van der Waals surface area contributed by atoms with Crippen molar-refractivity contribution in [3.05, 3.63) is 0 Å². The Balaban J connectivity index is 2.41. The highest BCUT2D eigenvalue weighted by molar-refractivity contribution is 5.79. The van der Waals surface area contributed by atoms with Crippen LogP contribution in [0.1, 0.15) is 52.9 Å². The van der Waals surface area contributed by atoms with Gasteiger partial charge in [0.2, 0.25) is 0 Å². The van der Waals surface area contributed by atoms with Crippen molar-refractivity contribution < 1.29 is 4.79 Å². The highest BCUT2D eigenvalue weighted by atomic mass is 16.1. The zero-order valence-corrected chi connectivity index (χ0v) is 9.18. The van der Waals surface area contributed by atoms with Gasteiger partial charge in [0.15, 0.2) is 0 Å². The molecule has 3 unspecified atom stereocenters. The summed E-state index contributed by atoms with van der Waals surface area (Å²) in [7, 11) is 0. The maximum atomic E-state index is 11.3. The second-order valence-corrected chi connectivity index (χ2v) is 4.77. The number of carbonyl (C=O) groups excluding carboxylic acids is 1. The third kappa shape index (κ3) is 3.13. The monoisotopic (exact) mass is 182 g/mol. The molecule has 0 aliphatic heterocycles. The summed E-state index contributed by atoms with van der Waals surface area (Å²) in [4.78, 5) is 11.3. The summed E-state index contributed by atoms with van der Waals surface area (Å²) in [5, 5.41) is 0. The van der Waals surface area contributed by atoms with Gasteiger partial charge in [-0.3, -0.25) is 4.79 Å². The Hall–Kier alpha value is -0.330. The minimum atomic E-state index is 0.492. The van der Waals surface area contributed by atoms with Crippen LogP contribution in [0.5, 0.6) is 0 Å². The second-order valence-electron chi connectivity index (χ2n) is 4.77. The molecule has 3 atom stereocenters. The molecule has 0 spiro atoms. The molecule has 0 bridgehead atoms. The summed E-state index contributed by atoms with van der Waals surface area (Å²) >= 11 is 0. The van der Waals surface area contributed by atoms with Crippen molar-refractivity contribution in [3.8, 4) is 0 Å². The van der Waals surface area contributed by atoms with E-state index in [2.05, 4.69) is 20.8 Å². The molecular weight excluding hydrogens is 160 g/mol. The zero-order valence-electron chi connectivity index (χ0n) is 9.18. The Bertz CT molecular complexity index is 174. The maximum Gasteiger partial charge on any atom is 0.133 e. The van der Waals surface area contributed by atoms with Crippen LogP contribution in [0.3, 0.4) is 0 Å². The summed E-state index contributed by atoms with van der Waals surface area (Å²) < 4.78 is 0. The number of ketones is 1. The SMILES string of the molecule is CCC(C)CC1CC(=O)CCC1C. The van der Waals surface area contributed by atoms with Crippen molar-refractivity contribution in [2.24, 2.45) is 17.8 Å². The van der Waals surface area contributed by atoms with Crippen LogP contribution in [0, 0.1) is 17.8 Å². The van der Waals surface area contributed by atoms with Crippen LogP contribution in [-0.4, -0.2) is 5.78 Å². The first-order valence-electron chi connectivity index (χ1n) is 5.65. The fraction of sp³-hybridized carbons (Fsp3) is 0.917. The van der Waals surface area contributed by atoms with Crippen LogP contribution >= 0.6 is 0 Å². The molecule has 1 fully saturated rings. The van der Waals surface area contributed by atoms with Crippen molar-refractivity contribution in [3.63, 3.8) is 0 Å². The molecule has 1 aliphatic carbocycles. The quantitative estimate of drug-likeness (QED) is 0.653. The normalized spacial score (nSPS) is 31.8. The molecule has 1 saturated carbocycles. The van der Waals surface area contributed by atoms with Gasteiger partial charge in [0.05, 0.1) is 0 Å². The van der Waals surface area contributed by atoms with Gasteiger partial charge in [-0.15, -0.1) is 0 Å². The predicted octanol–water partition coefficient (Wildman–Crippen LogP) is 3.43. The molecule has 0 N–H and O–H groups in total. The minimum Gasteiger partial charge on any atom is -0.300 e. The van der Waals surface area contributed by atoms with E-state index < -0.39 is 0 Å². The Morgan fingerprint density at radius 3 is 2.85 bits per heavy atom. The fourth-order valence-electron chi connectivity index (χ4n) is 2.22. The third-order valence-corrected chi connectivity index (χ3v) is 3.58. The molecule has 76 valence electrons. The second kappa shape index (κ2) is 4.78. The predicted molar refractivity (Wildman–Crippen MR) is 55.6 cm³/mol. The highest BCUT2D eigenvalue weighted by Gasteiger charge is 2.26. The lowest BCUT2D eigenvalue weighted by Gasteiger charge is -2.29. The lowest BCUT2D eigenvalue weighted by Crippen LogP contribution is -2.24. The van der Waals surface area contributed by atoms with Gasteiger partial charge in [0, 0.05) is 12.8 Å². The average molecular weight is 182 g/mol. The van der Waals surface area contributed by atoms with Crippen LogP contribution in [0.25, 0.3) is 0 Å². The van der Waals surface area contributed by atoms with Crippen LogP contribution in [0.4, 0.5) is 0 Å². The maximum absolute atomic E-state index is 11.3. The van der Waals surface area contributed by atoms with Crippen molar-refractivity contribution in [2.45, 2.75) is 52.9 Å². The summed E-state index contributed by atoms with van der Waals surface area (Å²) in [6.45, 7) is 6.84. The molecule has 1 nitrogen and oxygen atoms in total. The molecule has 0 heterocycles. The lowest BCUT2D eigenvalue weighted by atomic mass is 9.75. The molecule has 1 rings (SSSR count). The summed E-state index contributed by atoms with van der Waals surface area (Å²) in [6, 6.07) is 0. The number of hydrogen-bond acceptors (Lipinski definition) is 1. The third-order valence-electron chi connectivity index (χ3n) is 3.58. The largest absolute Gasteiger partial charge is 0.300 e. The Morgan fingerprint density at radius 1 is 1.54 bits per heavy atom. The standard InChI is InChI=1S/C12H22O/c1-4-9(2)7-11-8-12(13)6-5-10(11)3/h9-11H,4-8H2,1-3H3. The first-order chi connectivity index (χ1) is 6.13. The zero-order chi connectivity index (χ0) is 9.84. The Labute approximate surface area is 81.9 Å². The van der Waals surface area contributed by atoms with Gasteiger partial charge < -0.3 is 0 Å². The van der Waals surface area contributed by atoms with Gasteiger partial charge in [-0.1, -0.05) is 27.2 Å². The van der Waals surface area contributed by atoms with Crippen molar-refractivity contribution in [2.75, 3.05) is 0 Å². The molecule has 0 radical (unpaired) electrons. The minimum absolute atomic E-state index is 0.492. The van der Waals surface area contributed by atoms with Crippen molar-refractivity contribution in [1.82, 2.24) is 0 Å². The van der Waals surface area contributed by atoms with Gasteiger partial charge >= 0.3 is 0 Å². The Morgan fingerprint density at radius 2 is 2.23 bits per heavy atom. The molecule has 13 heavy (non-hydrogen) atoms. The number of rotatable bonds is 3. The number of carbonyl (C=O) groups is 1. The average Bonchev–Trinajstić information content (AvgIpc) is 2.11. The van der Waals surface area contributed by atoms with Crippen LogP contribution in [-0.2, 0) is 4.79 Å². The first-order valence-corrected chi connectivity index (χ1v) is 5.65. The number of hydrogen-bond donors (Lipinski definition) is 0. The van der Waals surface area contributed by atoms with E-state index in [1.807, 2.05) is 0 Å².